The Labute approximate surface area is 178 Å². The lowest BCUT2D eigenvalue weighted by Crippen LogP contribution is -2.24. The number of benzene rings is 1. The Kier molecular flexibility index (Phi) is 5.88. The van der Waals surface area contributed by atoms with E-state index in [0.29, 0.717) is 42.0 Å². The van der Waals surface area contributed by atoms with Crippen molar-refractivity contribution in [2.24, 2.45) is 5.10 Å². The van der Waals surface area contributed by atoms with Crippen LogP contribution in [0.2, 0.25) is 0 Å². The van der Waals surface area contributed by atoms with E-state index in [2.05, 4.69) is 20.8 Å². The molecule has 0 saturated heterocycles. The molecular formula is C23H21FN4O3. The van der Waals surface area contributed by atoms with Crippen molar-refractivity contribution in [1.29, 1.82) is 0 Å². The first-order valence-corrected chi connectivity index (χ1v) is 9.96. The zero-order valence-corrected chi connectivity index (χ0v) is 16.9. The Balaban J connectivity index is 1.51. The molecule has 1 aliphatic carbocycles. The summed E-state index contributed by atoms with van der Waals surface area (Å²) in [7, 11) is 0. The van der Waals surface area contributed by atoms with Crippen molar-refractivity contribution >= 4 is 17.5 Å². The molecule has 0 atom stereocenters. The summed E-state index contributed by atoms with van der Waals surface area (Å²) in [6.45, 7) is 2.10. The smallest absolute Gasteiger partial charge is 0.287 e. The van der Waals surface area contributed by atoms with Crippen molar-refractivity contribution in [1.82, 2.24) is 15.7 Å². The number of rotatable bonds is 5. The number of pyridine rings is 1. The number of carbonyl (C=O) groups excluding carboxylic acids is 2. The van der Waals surface area contributed by atoms with Gasteiger partial charge in [0.2, 0.25) is 0 Å². The Bertz CT molecular complexity index is 1140. The summed E-state index contributed by atoms with van der Waals surface area (Å²) >= 11 is 0. The molecule has 1 aromatic carbocycles. The minimum atomic E-state index is -0.436. The zero-order valence-electron chi connectivity index (χ0n) is 16.9. The predicted molar refractivity (Wildman–Crippen MR) is 112 cm³/mol. The number of amides is 2. The molecule has 0 bridgehead atoms. The Morgan fingerprint density at radius 3 is 2.68 bits per heavy atom. The minimum Gasteiger partial charge on any atom is -0.455 e. The van der Waals surface area contributed by atoms with Crippen LogP contribution in [-0.2, 0) is 13.0 Å². The van der Waals surface area contributed by atoms with Crippen molar-refractivity contribution in [2.45, 2.75) is 32.7 Å². The van der Waals surface area contributed by atoms with E-state index in [1.807, 2.05) is 18.2 Å². The summed E-state index contributed by atoms with van der Waals surface area (Å²) in [5.74, 6) is -0.258. The number of aromatic nitrogens is 1. The molecule has 31 heavy (non-hydrogen) atoms. The van der Waals surface area contributed by atoms with E-state index in [-0.39, 0.29) is 11.7 Å². The van der Waals surface area contributed by atoms with Gasteiger partial charge < -0.3 is 9.73 Å². The summed E-state index contributed by atoms with van der Waals surface area (Å²) < 4.78 is 18.9. The fourth-order valence-electron chi connectivity index (χ4n) is 3.53. The van der Waals surface area contributed by atoms with Gasteiger partial charge in [0.25, 0.3) is 11.8 Å². The van der Waals surface area contributed by atoms with E-state index in [0.717, 1.165) is 17.7 Å². The predicted octanol–water partition coefficient (Wildman–Crippen LogP) is 3.52. The van der Waals surface area contributed by atoms with E-state index in [4.69, 9.17) is 4.42 Å². The van der Waals surface area contributed by atoms with Crippen LogP contribution in [-0.4, -0.2) is 22.5 Å². The number of hydrogen-bond donors (Lipinski definition) is 2. The summed E-state index contributed by atoms with van der Waals surface area (Å²) in [5, 5.41) is 7.09. The molecule has 7 nitrogen and oxygen atoms in total. The van der Waals surface area contributed by atoms with Crippen molar-refractivity contribution in [3.05, 3.63) is 88.4 Å². The molecule has 0 saturated carbocycles. The van der Waals surface area contributed by atoms with Gasteiger partial charge in [-0.2, -0.15) is 5.10 Å². The zero-order chi connectivity index (χ0) is 21.8. The number of carbonyl (C=O) groups is 2. The van der Waals surface area contributed by atoms with Gasteiger partial charge in [0.1, 0.15) is 11.6 Å². The highest BCUT2D eigenvalue weighted by molar-refractivity contribution is 6.07. The second-order valence-electron chi connectivity index (χ2n) is 7.22. The fourth-order valence-corrected chi connectivity index (χ4v) is 3.53. The second kappa shape index (κ2) is 8.91. The number of hydrogen-bond acceptors (Lipinski definition) is 5. The monoisotopic (exact) mass is 420 g/mol. The SMILES string of the molecule is Cc1c(C(=O)NCc2ccccn2)oc2c1/C(=N/NC(=O)c1ccc(F)cc1)CCC2. The first-order valence-electron chi connectivity index (χ1n) is 9.96. The van der Waals surface area contributed by atoms with Crippen LogP contribution in [0, 0.1) is 12.7 Å². The van der Waals surface area contributed by atoms with Crippen LogP contribution in [0.15, 0.2) is 58.2 Å². The lowest BCUT2D eigenvalue weighted by atomic mass is 9.93. The number of furan rings is 1. The lowest BCUT2D eigenvalue weighted by Gasteiger charge is -2.13. The maximum absolute atomic E-state index is 13.0. The molecule has 2 amide bonds. The first-order chi connectivity index (χ1) is 15.0. The Morgan fingerprint density at radius 2 is 1.94 bits per heavy atom. The fraction of sp³-hybridized carbons (Fsp3) is 0.217. The van der Waals surface area contributed by atoms with Crippen molar-refractivity contribution in [2.75, 3.05) is 0 Å². The van der Waals surface area contributed by atoms with E-state index in [9.17, 15) is 14.0 Å². The number of nitrogens with zero attached hydrogens (tertiary/aromatic N) is 2. The lowest BCUT2D eigenvalue weighted by molar-refractivity contribution is 0.0918. The summed E-state index contributed by atoms with van der Waals surface area (Å²) in [4.78, 5) is 29.2. The molecule has 0 unspecified atom stereocenters. The number of halogens is 1. The van der Waals surface area contributed by atoms with Crippen LogP contribution in [0.25, 0.3) is 0 Å². The van der Waals surface area contributed by atoms with Gasteiger partial charge in [-0.15, -0.1) is 0 Å². The van der Waals surface area contributed by atoms with Crippen LogP contribution in [0.5, 0.6) is 0 Å². The minimum absolute atomic E-state index is 0.236. The van der Waals surface area contributed by atoms with Gasteiger partial charge in [0, 0.05) is 29.3 Å². The van der Waals surface area contributed by atoms with Gasteiger partial charge in [0.15, 0.2) is 5.76 Å². The third-order valence-corrected chi connectivity index (χ3v) is 5.09. The van der Waals surface area contributed by atoms with Crippen molar-refractivity contribution in [3.63, 3.8) is 0 Å². The third-order valence-electron chi connectivity index (χ3n) is 5.09. The van der Waals surface area contributed by atoms with Crippen LogP contribution < -0.4 is 10.7 Å². The quantitative estimate of drug-likeness (QED) is 0.617. The molecule has 158 valence electrons. The number of aryl methyl sites for hydroxylation is 1. The second-order valence-corrected chi connectivity index (χ2v) is 7.22. The van der Waals surface area contributed by atoms with Crippen LogP contribution >= 0.6 is 0 Å². The molecular weight excluding hydrogens is 399 g/mol. The van der Waals surface area contributed by atoms with Crippen molar-refractivity contribution in [3.8, 4) is 0 Å². The summed E-state index contributed by atoms with van der Waals surface area (Å²) in [6.07, 6.45) is 3.79. The van der Waals surface area contributed by atoms with Gasteiger partial charge in [-0.3, -0.25) is 14.6 Å². The molecule has 2 aromatic heterocycles. The number of fused-ring (bicyclic) bond motifs is 1. The summed E-state index contributed by atoms with van der Waals surface area (Å²) in [6, 6.07) is 10.7. The molecule has 4 rings (SSSR count). The molecule has 1 aliphatic rings. The highest BCUT2D eigenvalue weighted by atomic mass is 19.1. The largest absolute Gasteiger partial charge is 0.455 e. The van der Waals surface area contributed by atoms with Crippen LogP contribution in [0.4, 0.5) is 4.39 Å². The molecule has 2 heterocycles. The molecule has 0 spiro atoms. The van der Waals surface area contributed by atoms with E-state index in [1.165, 1.54) is 24.3 Å². The van der Waals surface area contributed by atoms with Crippen LogP contribution in [0.3, 0.4) is 0 Å². The average Bonchev–Trinajstić information content (AvgIpc) is 3.14. The first kappa shape index (κ1) is 20.5. The highest BCUT2D eigenvalue weighted by Gasteiger charge is 2.28. The molecule has 0 radical (unpaired) electrons. The van der Waals surface area contributed by atoms with Crippen molar-refractivity contribution < 1.29 is 18.4 Å². The molecule has 2 N–H and O–H groups in total. The van der Waals surface area contributed by atoms with E-state index < -0.39 is 11.7 Å². The van der Waals surface area contributed by atoms with Gasteiger partial charge in [-0.05, 0) is 56.2 Å². The maximum atomic E-state index is 13.0. The highest BCUT2D eigenvalue weighted by Crippen LogP contribution is 2.29. The van der Waals surface area contributed by atoms with Crippen LogP contribution in [0.1, 0.15) is 56.3 Å². The third kappa shape index (κ3) is 4.53. The molecule has 3 aromatic rings. The normalized spacial score (nSPS) is 14.2. The topological polar surface area (TPSA) is 96.6 Å². The molecule has 0 aliphatic heterocycles. The standard InChI is InChI=1S/C23H21FN4O3/c1-14-20-18(27-28-22(29)15-8-10-16(24)11-9-15)6-4-7-19(20)31-21(14)23(30)26-13-17-5-2-3-12-25-17/h2-3,5,8-12H,4,6-7,13H2,1H3,(H,26,30)(H,28,29)/b27-18+. The van der Waals surface area contributed by atoms with Gasteiger partial charge >= 0.3 is 0 Å². The van der Waals surface area contributed by atoms with Gasteiger partial charge in [-0.1, -0.05) is 6.07 Å². The Hall–Kier alpha value is -3.81. The molecule has 8 heteroatoms. The van der Waals surface area contributed by atoms with E-state index >= 15 is 0 Å². The van der Waals surface area contributed by atoms with E-state index in [1.54, 1.807) is 13.1 Å². The molecule has 0 fully saturated rings. The van der Waals surface area contributed by atoms with Gasteiger partial charge in [-0.25, -0.2) is 9.82 Å². The Morgan fingerprint density at radius 1 is 1.13 bits per heavy atom. The maximum Gasteiger partial charge on any atom is 0.287 e. The number of nitrogens with one attached hydrogen (secondary N) is 2. The van der Waals surface area contributed by atoms with Gasteiger partial charge in [0.05, 0.1) is 18.0 Å². The summed E-state index contributed by atoms with van der Waals surface area (Å²) in [5.41, 5.74) is 5.66. The average molecular weight is 420 g/mol. The number of hydrazone groups is 1.